The molecule has 2 atom stereocenters. The number of allylic oxidation sites excluding steroid dienone is 15. The first-order chi connectivity index (χ1) is 25.3. The minimum atomic E-state index is -1.40. The van der Waals surface area contributed by atoms with Crippen molar-refractivity contribution < 1.29 is 34.1 Å². The van der Waals surface area contributed by atoms with Crippen molar-refractivity contribution in [3.05, 3.63) is 97.2 Å². The number of esters is 1. The van der Waals surface area contributed by atoms with E-state index in [0.29, 0.717) is 19.3 Å². The van der Waals surface area contributed by atoms with Crippen molar-refractivity contribution in [1.82, 2.24) is 10.6 Å². The van der Waals surface area contributed by atoms with Crippen LogP contribution in [0.25, 0.3) is 0 Å². The molecule has 0 fully saturated rings. The molecular formula is C43H66N2O7. The Morgan fingerprint density at radius 2 is 1.08 bits per heavy atom. The summed E-state index contributed by atoms with van der Waals surface area (Å²) in [5.74, 6) is -2.51. The molecule has 52 heavy (non-hydrogen) atoms. The van der Waals surface area contributed by atoms with Crippen molar-refractivity contribution in [1.29, 1.82) is 0 Å². The number of aliphatic hydroxyl groups is 1. The number of hydrogen-bond acceptors (Lipinski definition) is 6. The van der Waals surface area contributed by atoms with Crippen molar-refractivity contribution in [2.75, 3.05) is 13.2 Å². The molecule has 290 valence electrons. The van der Waals surface area contributed by atoms with E-state index >= 15 is 0 Å². The van der Waals surface area contributed by atoms with Crippen LogP contribution in [-0.2, 0) is 23.9 Å². The molecule has 0 aliphatic heterocycles. The summed E-state index contributed by atoms with van der Waals surface area (Å²) in [6.07, 6.45) is 47.4. The van der Waals surface area contributed by atoms with Gasteiger partial charge in [-0.2, -0.15) is 0 Å². The van der Waals surface area contributed by atoms with Gasteiger partial charge >= 0.3 is 11.9 Å². The van der Waals surface area contributed by atoms with E-state index in [1.807, 2.05) is 12.2 Å². The third-order valence-corrected chi connectivity index (χ3v) is 7.57. The monoisotopic (exact) mass is 722 g/mol. The molecule has 2 amide bonds. The summed E-state index contributed by atoms with van der Waals surface area (Å²) in [4.78, 5) is 47.3. The number of aliphatic carboxylic acids is 1. The number of carboxylic acids is 1. The fraction of sp³-hybridized carbons (Fsp3) is 0.535. The van der Waals surface area contributed by atoms with Crippen LogP contribution >= 0.6 is 0 Å². The van der Waals surface area contributed by atoms with E-state index in [4.69, 9.17) is 14.9 Å². The lowest BCUT2D eigenvalue weighted by molar-refractivity contribution is -0.147. The van der Waals surface area contributed by atoms with Gasteiger partial charge in [0.1, 0.15) is 12.1 Å². The Morgan fingerprint density at radius 1 is 0.596 bits per heavy atom. The molecule has 9 heteroatoms. The maximum atomic E-state index is 12.6. The number of carbonyl (C=O) groups is 4. The quantitative estimate of drug-likeness (QED) is 0.0309. The summed E-state index contributed by atoms with van der Waals surface area (Å²) in [7, 11) is 0. The van der Waals surface area contributed by atoms with Crippen LogP contribution in [0.5, 0.6) is 0 Å². The highest BCUT2D eigenvalue weighted by Crippen LogP contribution is 2.13. The molecule has 0 bridgehead atoms. The number of rotatable bonds is 32. The van der Waals surface area contributed by atoms with Gasteiger partial charge in [-0.05, 0) is 83.1 Å². The van der Waals surface area contributed by atoms with Gasteiger partial charge in [0, 0.05) is 12.8 Å². The van der Waals surface area contributed by atoms with Gasteiger partial charge in [0.05, 0.1) is 13.2 Å². The Bertz CT molecular complexity index is 1190. The molecular weight excluding hydrogens is 656 g/mol. The first kappa shape index (κ1) is 47.8. The van der Waals surface area contributed by atoms with Gasteiger partial charge in [0.15, 0.2) is 0 Å². The van der Waals surface area contributed by atoms with Crippen LogP contribution in [0, 0.1) is 0 Å². The van der Waals surface area contributed by atoms with Gasteiger partial charge in [0.25, 0.3) is 0 Å². The molecule has 4 N–H and O–H groups in total. The van der Waals surface area contributed by atoms with Crippen molar-refractivity contribution in [3.8, 4) is 0 Å². The average Bonchev–Trinajstić information content (AvgIpc) is 3.13. The van der Waals surface area contributed by atoms with E-state index in [2.05, 4.69) is 110 Å². The molecule has 9 nitrogen and oxygen atoms in total. The van der Waals surface area contributed by atoms with Gasteiger partial charge in [-0.1, -0.05) is 124 Å². The molecule has 0 heterocycles. The van der Waals surface area contributed by atoms with Crippen molar-refractivity contribution >= 4 is 23.8 Å². The molecule has 0 aliphatic rings. The zero-order chi connectivity index (χ0) is 38.3. The summed E-state index contributed by atoms with van der Waals surface area (Å²) in [5, 5.41) is 22.5. The normalized spacial score (nSPS) is 13.6. The number of unbranched alkanes of at least 4 members (excludes halogenated alkanes) is 4. The average molecular weight is 723 g/mol. The summed E-state index contributed by atoms with van der Waals surface area (Å²) in [6, 6.07) is -1.40. The third-order valence-electron chi connectivity index (χ3n) is 7.57. The zero-order valence-corrected chi connectivity index (χ0v) is 31.8. The molecule has 0 saturated carbocycles. The number of nitrogens with one attached hydrogen (secondary N) is 2. The van der Waals surface area contributed by atoms with Crippen LogP contribution in [0.3, 0.4) is 0 Å². The molecule has 0 aromatic carbocycles. The van der Waals surface area contributed by atoms with E-state index in [1.54, 1.807) is 0 Å². The number of aliphatic hydroxyl groups excluding tert-OH is 1. The highest BCUT2D eigenvalue weighted by atomic mass is 16.5. The topological polar surface area (TPSA) is 142 Å². The van der Waals surface area contributed by atoms with E-state index in [0.717, 1.165) is 83.5 Å². The fourth-order valence-electron chi connectivity index (χ4n) is 4.69. The predicted octanol–water partition coefficient (Wildman–Crippen LogP) is 8.70. The van der Waals surface area contributed by atoms with E-state index in [9.17, 15) is 19.2 Å². The number of amides is 2. The molecule has 0 aliphatic carbocycles. The van der Waals surface area contributed by atoms with Crippen LogP contribution in [0.2, 0.25) is 0 Å². The van der Waals surface area contributed by atoms with Crippen molar-refractivity contribution in [3.63, 3.8) is 0 Å². The fourth-order valence-corrected chi connectivity index (χ4v) is 4.69. The van der Waals surface area contributed by atoms with Crippen molar-refractivity contribution in [2.24, 2.45) is 0 Å². The van der Waals surface area contributed by atoms with Crippen LogP contribution in [0.1, 0.15) is 123 Å². The smallest absolute Gasteiger partial charge is 0.328 e. The van der Waals surface area contributed by atoms with Crippen LogP contribution in [0.15, 0.2) is 97.2 Å². The lowest BCUT2D eigenvalue weighted by Crippen LogP contribution is -2.47. The summed E-state index contributed by atoms with van der Waals surface area (Å²) in [5.41, 5.74) is 0. The number of ether oxygens (including phenoxy) is 1. The molecule has 2 unspecified atom stereocenters. The molecule has 0 rings (SSSR count). The first-order valence-electron chi connectivity index (χ1n) is 19.1. The second kappa shape index (κ2) is 36.5. The molecule has 0 saturated heterocycles. The van der Waals surface area contributed by atoms with Crippen LogP contribution in [-0.4, -0.2) is 59.3 Å². The highest BCUT2D eigenvalue weighted by Gasteiger charge is 2.18. The standard InChI is InChI=1S/C43H66N2O7/c1-3-5-7-9-11-13-15-16-18-20-22-27-31-35-42(49)52-38(32-28-24-21-19-17-14-12-10-8-6-4-2)33-29-25-23-26-30-34-40(47)44-36-41(48)45-39(37-46)43(50)51/h5-8,11-14,16,18-19,21-22,27-28,32,38-39,46H,3-4,9-10,15,17,20,23-26,29-31,33-37H2,1-2H3,(H,44,47)(H,45,48)(H,50,51)/b7-5-,8-6-,13-11-,14-12-,18-16-,21-19-,27-22-,32-28-. The Balaban J connectivity index is 4.59. The lowest BCUT2D eigenvalue weighted by atomic mass is 10.1. The largest absolute Gasteiger partial charge is 0.480 e. The molecule has 0 radical (unpaired) electrons. The second-order valence-corrected chi connectivity index (χ2v) is 12.2. The molecule has 0 aromatic heterocycles. The number of hydrogen-bond donors (Lipinski definition) is 4. The second-order valence-electron chi connectivity index (χ2n) is 12.2. The molecule has 0 spiro atoms. The minimum absolute atomic E-state index is 0.204. The zero-order valence-electron chi connectivity index (χ0n) is 31.8. The minimum Gasteiger partial charge on any atom is -0.480 e. The Labute approximate surface area is 313 Å². The number of carbonyl (C=O) groups excluding carboxylic acids is 3. The van der Waals surface area contributed by atoms with Gasteiger partial charge in [-0.25, -0.2) is 4.79 Å². The van der Waals surface area contributed by atoms with Gasteiger partial charge in [-0.15, -0.1) is 0 Å². The van der Waals surface area contributed by atoms with Crippen molar-refractivity contribution in [2.45, 2.75) is 135 Å². The SMILES string of the molecule is CC/C=C\C/C=C\C/C=C\C/C=C\CCC(=O)OC(/C=C\C/C=C\C/C=C\C/C=C\CC)CCCCCCCC(=O)NCC(=O)NC(CO)C(=O)O. The van der Waals surface area contributed by atoms with Gasteiger partial charge < -0.3 is 25.6 Å². The van der Waals surface area contributed by atoms with E-state index in [1.165, 1.54) is 0 Å². The van der Waals surface area contributed by atoms with E-state index in [-0.39, 0.29) is 30.9 Å². The maximum absolute atomic E-state index is 12.6. The van der Waals surface area contributed by atoms with Gasteiger partial charge in [-0.3, -0.25) is 14.4 Å². The van der Waals surface area contributed by atoms with Crippen LogP contribution in [0.4, 0.5) is 0 Å². The summed E-state index contributed by atoms with van der Waals surface area (Å²) < 4.78 is 5.84. The van der Waals surface area contributed by atoms with Gasteiger partial charge in [0.2, 0.25) is 11.8 Å². The third kappa shape index (κ3) is 32.9. The highest BCUT2D eigenvalue weighted by molar-refractivity contribution is 5.87. The molecule has 0 aromatic rings. The van der Waals surface area contributed by atoms with E-state index < -0.39 is 24.5 Å². The summed E-state index contributed by atoms with van der Waals surface area (Å²) in [6.45, 7) is 3.18. The number of carboxylic acid groups (broad SMARTS) is 1. The predicted molar refractivity (Wildman–Crippen MR) is 212 cm³/mol. The first-order valence-corrected chi connectivity index (χ1v) is 19.1. The Hall–Kier alpha value is -4.24. The van der Waals surface area contributed by atoms with Crippen LogP contribution < -0.4 is 10.6 Å². The Kier molecular flexibility index (Phi) is 33.6. The maximum Gasteiger partial charge on any atom is 0.328 e. The Morgan fingerprint density at radius 3 is 1.60 bits per heavy atom. The summed E-state index contributed by atoms with van der Waals surface area (Å²) >= 11 is 0. The lowest BCUT2D eigenvalue weighted by Gasteiger charge is -2.14.